The van der Waals surface area contributed by atoms with Crippen LogP contribution in [-0.2, 0) is 27.5 Å². The average molecular weight is 405 g/mol. The number of rotatable bonds is 8. The first-order valence-electron chi connectivity index (χ1n) is 8.84. The molecule has 0 atom stereocenters. The fourth-order valence-electron chi connectivity index (χ4n) is 2.41. The van der Waals surface area contributed by atoms with Crippen LogP contribution in [0.3, 0.4) is 0 Å². The Morgan fingerprint density at radius 1 is 1.00 bits per heavy atom. The van der Waals surface area contributed by atoms with Crippen molar-refractivity contribution in [3.8, 4) is 0 Å². The molecule has 0 unspecified atom stereocenters. The van der Waals surface area contributed by atoms with E-state index < -0.39 is 17.9 Å². The van der Waals surface area contributed by atoms with E-state index in [0.717, 1.165) is 11.1 Å². The molecular formula is C17H23N7O5. The van der Waals surface area contributed by atoms with Gasteiger partial charge >= 0.3 is 12.1 Å². The number of imide groups is 1. The second-order valence-corrected chi connectivity index (χ2v) is 6.08. The number of amides is 5. The molecule has 12 nitrogen and oxygen atoms in total. The van der Waals surface area contributed by atoms with E-state index >= 15 is 0 Å². The molecule has 1 aromatic carbocycles. The van der Waals surface area contributed by atoms with Gasteiger partial charge in [-0.25, -0.2) is 9.59 Å². The molecule has 7 N–H and O–H groups in total. The average Bonchev–Trinajstić information content (AvgIpc) is 3.00. The number of carbonyl (C=O) groups excluding carboxylic acids is 4. The molecule has 5 amide bonds. The van der Waals surface area contributed by atoms with Crippen molar-refractivity contribution in [3.63, 3.8) is 0 Å². The Morgan fingerprint density at radius 2 is 1.59 bits per heavy atom. The lowest BCUT2D eigenvalue weighted by Crippen LogP contribution is -2.41. The number of nitrogens with one attached hydrogen (secondary N) is 5. The number of nitrogens with two attached hydrogens (primary N) is 1. The Morgan fingerprint density at radius 3 is 2.21 bits per heavy atom. The highest BCUT2D eigenvalue weighted by Gasteiger charge is 2.32. The normalized spacial score (nSPS) is 13.0. The quantitative estimate of drug-likeness (QED) is 0.143. The molecular weight excluding hydrogens is 382 g/mol. The van der Waals surface area contributed by atoms with E-state index in [-0.39, 0.29) is 37.9 Å². The highest BCUT2D eigenvalue weighted by atomic mass is 16.7. The van der Waals surface area contributed by atoms with Crippen molar-refractivity contribution in [2.24, 2.45) is 5.73 Å². The van der Waals surface area contributed by atoms with Gasteiger partial charge in [-0.3, -0.25) is 15.0 Å². The van der Waals surface area contributed by atoms with Crippen LogP contribution < -0.4 is 27.0 Å². The number of hydrogen-bond acceptors (Lipinski definition) is 6. The summed E-state index contributed by atoms with van der Waals surface area (Å²) in [5, 5.41) is 17.8. The van der Waals surface area contributed by atoms with E-state index in [1.54, 1.807) is 24.3 Å². The van der Waals surface area contributed by atoms with Gasteiger partial charge in [0.15, 0.2) is 5.96 Å². The summed E-state index contributed by atoms with van der Waals surface area (Å²) in [7, 11) is 0. The predicted molar refractivity (Wildman–Crippen MR) is 101 cm³/mol. The summed E-state index contributed by atoms with van der Waals surface area (Å²) in [6, 6.07) is 6.75. The molecule has 1 saturated heterocycles. The van der Waals surface area contributed by atoms with E-state index in [1.165, 1.54) is 0 Å². The minimum absolute atomic E-state index is 0.0297. The molecule has 29 heavy (non-hydrogen) atoms. The third-order valence-electron chi connectivity index (χ3n) is 3.79. The number of nitrogens with zero attached hydrogens (tertiary/aromatic N) is 1. The SMILES string of the molecule is N=C(N)NCCNC(=O)NCc1cccc(CNC(=O)ON2C(=O)CCC2=O)c1. The van der Waals surface area contributed by atoms with Gasteiger partial charge in [0.1, 0.15) is 0 Å². The molecule has 0 aliphatic carbocycles. The number of hydrogen-bond donors (Lipinski definition) is 6. The van der Waals surface area contributed by atoms with Gasteiger partial charge in [0, 0.05) is 39.0 Å². The topological polar surface area (TPSA) is 179 Å². The van der Waals surface area contributed by atoms with E-state index in [2.05, 4.69) is 21.3 Å². The van der Waals surface area contributed by atoms with Crippen molar-refractivity contribution in [1.82, 2.24) is 26.3 Å². The van der Waals surface area contributed by atoms with E-state index in [1.807, 2.05) is 0 Å². The lowest BCUT2D eigenvalue weighted by Gasteiger charge is -2.13. The van der Waals surface area contributed by atoms with Gasteiger partial charge in [0.25, 0.3) is 11.8 Å². The highest BCUT2D eigenvalue weighted by Crippen LogP contribution is 2.12. The molecule has 1 aliphatic heterocycles. The Labute approximate surface area is 166 Å². The molecule has 0 aromatic heterocycles. The molecule has 2 rings (SSSR count). The minimum atomic E-state index is -0.907. The van der Waals surface area contributed by atoms with Crippen LogP contribution in [-0.4, -0.2) is 48.1 Å². The van der Waals surface area contributed by atoms with Gasteiger partial charge in [0.2, 0.25) is 0 Å². The number of benzene rings is 1. The number of carbonyl (C=O) groups is 4. The number of hydroxylamine groups is 2. The van der Waals surface area contributed by atoms with Gasteiger partial charge in [-0.15, -0.1) is 5.06 Å². The first-order chi connectivity index (χ1) is 13.8. The van der Waals surface area contributed by atoms with Crippen molar-refractivity contribution in [3.05, 3.63) is 35.4 Å². The van der Waals surface area contributed by atoms with Gasteiger partial charge < -0.3 is 31.8 Å². The molecule has 1 aliphatic rings. The van der Waals surface area contributed by atoms with E-state index in [4.69, 9.17) is 16.0 Å². The van der Waals surface area contributed by atoms with Crippen molar-refractivity contribution >= 4 is 29.9 Å². The van der Waals surface area contributed by atoms with Crippen LogP contribution >= 0.6 is 0 Å². The molecule has 0 saturated carbocycles. The second-order valence-electron chi connectivity index (χ2n) is 6.08. The zero-order chi connectivity index (χ0) is 21.2. The smallest absolute Gasteiger partial charge is 0.370 e. The van der Waals surface area contributed by atoms with E-state index in [0.29, 0.717) is 18.2 Å². The predicted octanol–water partition coefficient (Wildman–Crippen LogP) is -0.741. The van der Waals surface area contributed by atoms with Gasteiger partial charge in [0.05, 0.1) is 0 Å². The molecule has 1 heterocycles. The first-order valence-corrected chi connectivity index (χ1v) is 8.84. The molecule has 12 heteroatoms. The summed E-state index contributed by atoms with van der Waals surface area (Å²) in [4.78, 5) is 51.0. The molecule has 0 radical (unpaired) electrons. The lowest BCUT2D eigenvalue weighted by atomic mass is 10.1. The van der Waals surface area contributed by atoms with Crippen molar-refractivity contribution < 1.29 is 24.0 Å². The standard InChI is InChI=1S/C17H23N7O5/c18-15(19)20-6-7-21-16(27)22-9-11-2-1-3-12(8-11)10-23-17(28)29-24-13(25)4-5-14(24)26/h1-3,8H,4-7,9-10H2,(H,23,28)(H4,18,19,20)(H2,21,22,27). The Kier molecular flexibility index (Phi) is 7.77. The summed E-state index contributed by atoms with van der Waals surface area (Å²) >= 11 is 0. The van der Waals surface area contributed by atoms with Crippen LogP contribution in [0.15, 0.2) is 24.3 Å². The van der Waals surface area contributed by atoms with Crippen molar-refractivity contribution in [1.29, 1.82) is 5.41 Å². The highest BCUT2D eigenvalue weighted by molar-refractivity contribution is 6.01. The summed E-state index contributed by atoms with van der Waals surface area (Å²) in [6.45, 7) is 1.03. The first kappa shape index (κ1) is 21.5. The number of guanidine groups is 1. The fourth-order valence-corrected chi connectivity index (χ4v) is 2.41. The van der Waals surface area contributed by atoms with Crippen LogP contribution in [0.1, 0.15) is 24.0 Å². The van der Waals surface area contributed by atoms with Crippen molar-refractivity contribution in [2.75, 3.05) is 13.1 Å². The molecule has 156 valence electrons. The van der Waals surface area contributed by atoms with Crippen LogP contribution in [0.4, 0.5) is 9.59 Å². The van der Waals surface area contributed by atoms with Gasteiger partial charge in [-0.05, 0) is 11.1 Å². The monoisotopic (exact) mass is 405 g/mol. The summed E-state index contributed by atoms with van der Waals surface area (Å²) < 4.78 is 0. The Bertz CT molecular complexity index is 782. The third-order valence-corrected chi connectivity index (χ3v) is 3.79. The Hall–Kier alpha value is -3.83. The van der Waals surface area contributed by atoms with Crippen LogP contribution in [0.5, 0.6) is 0 Å². The van der Waals surface area contributed by atoms with Crippen molar-refractivity contribution in [2.45, 2.75) is 25.9 Å². The zero-order valence-electron chi connectivity index (χ0n) is 15.6. The summed E-state index contributed by atoms with van der Waals surface area (Å²) in [5.74, 6) is -1.26. The second kappa shape index (κ2) is 10.5. The maximum absolute atomic E-state index is 11.8. The van der Waals surface area contributed by atoms with E-state index in [9.17, 15) is 19.2 Å². The number of urea groups is 1. The zero-order valence-corrected chi connectivity index (χ0v) is 15.6. The largest absolute Gasteiger partial charge is 0.432 e. The van der Waals surface area contributed by atoms with Crippen LogP contribution in [0, 0.1) is 5.41 Å². The molecule has 1 fully saturated rings. The molecule has 0 bridgehead atoms. The third kappa shape index (κ3) is 7.36. The van der Waals surface area contributed by atoms with Crippen LogP contribution in [0.2, 0.25) is 0 Å². The maximum atomic E-state index is 11.8. The molecule has 1 aromatic rings. The van der Waals surface area contributed by atoms with Crippen LogP contribution in [0.25, 0.3) is 0 Å². The summed E-state index contributed by atoms with van der Waals surface area (Å²) in [5.41, 5.74) is 6.68. The van der Waals surface area contributed by atoms with Gasteiger partial charge in [-0.1, -0.05) is 24.3 Å². The summed E-state index contributed by atoms with van der Waals surface area (Å²) in [6.07, 6.45) is -0.847. The maximum Gasteiger partial charge on any atom is 0.432 e. The fraction of sp³-hybridized carbons (Fsp3) is 0.353. The molecule has 0 spiro atoms. The van der Waals surface area contributed by atoms with Gasteiger partial charge in [-0.2, -0.15) is 0 Å². The lowest BCUT2D eigenvalue weighted by molar-refractivity contribution is -0.171. The Balaban J connectivity index is 1.72. The minimum Gasteiger partial charge on any atom is -0.370 e.